The van der Waals surface area contributed by atoms with Crippen LogP contribution in [0.2, 0.25) is 0 Å². The smallest absolute Gasteiger partial charge is 0.230 e. The molecule has 0 spiro atoms. The van der Waals surface area contributed by atoms with E-state index < -0.39 is 9.84 Å². The van der Waals surface area contributed by atoms with Crippen molar-refractivity contribution in [1.82, 2.24) is 19.7 Å². The zero-order valence-corrected chi connectivity index (χ0v) is 21.0. The fourth-order valence-corrected chi connectivity index (χ4v) is 6.90. The highest BCUT2D eigenvalue weighted by molar-refractivity contribution is 7.91. The van der Waals surface area contributed by atoms with Gasteiger partial charge < -0.3 is 0 Å². The van der Waals surface area contributed by atoms with Crippen LogP contribution in [0.1, 0.15) is 42.0 Å². The van der Waals surface area contributed by atoms with Gasteiger partial charge in [-0.2, -0.15) is 5.10 Å². The van der Waals surface area contributed by atoms with Crippen molar-refractivity contribution in [3.63, 3.8) is 0 Å². The van der Waals surface area contributed by atoms with Gasteiger partial charge in [-0.15, -0.1) is 11.3 Å². The van der Waals surface area contributed by atoms with Gasteiger partial charge in [0, 0.05) is 36.7 Å². The summed E-state index contributed by atoms with van der Waals surface area (Å²) >= 11 is 1.45. The Bertz CT molecular complexity index is 1250. The van der Waals surface area contributed by atoms with E-state index in [1.54, 1.807) is 11.8 Å². The average molecular weight is 488 g/mol. The maximum absolute atomic E-state index is 12.3. The Labute approximate surface area is 198 Å². The van der Waals surface area contributed by atoms with Gasteiger partial charge in [-0.1, -0.05) is 18.2 Å². The van der Waals surface area contributed by atoms with Crippen molar-refractivity contribution >= 4 is 37.9 Å². The summed E-state index contributed by atoms with van der Waals surface area (Å²) < 4.78 is 25.7. The largest absolute Gasteiger partial charge is 0.296 e. The SMILES string of the molecule is CC(=O)N(c1ccccc1)c1nc(CN(C)Cc2c(C)nn([C@@H]3CCS(=O)(=O)C3)c2C)cs1. The number of carbonyl (C=O) groups is 1. The van der Waals surface area contributed by atoms with Gasteiger partial charge in [0.05, 0.1) is 34.6 Å². The molecule has 3 aromatic rings. The lowest BCUT2D eigenvalue weighted by molar-refractivity contribution is -0.115. The zero-order chi connectivity index (χ0) is 23.8. The molecule has 0 unspecified atom stereocenters. The summed E-state index contributed by atoms with van der Waals surface area (Å²) in [6.07, 6.45) is 0.620. The van der Waals surface area contributed by atoms with Crippen molar-refractivity contribution in [1.29, 1.82) is 0 Å². The molecule has 1 saturated heterocycles. The fourth-order valence-electron chi connectivity index (χ4n) is 4.33. The number of hydrogen-bond donors (Lipinski definition) is 0. The summed E-state index contributed by atoms with van der Waals surface area (Å²) in [4.78, 5) is 20.8. The summed E-state index contributed by atoms with van der Waals surface area (Å²) in [5.74, 6) is 0.320. The average Bonchev–Trinajstić information content (AvgIpc) is 3.42. The molecule has 4 rings (SSSR count). The Hall–Kier alpha value is -2.56. The van der Waals surface area contributed by atoms with Gasteiger partial charge in [0.2, 0.25) is 5.91 Å². The van der Waals surface area contributed by atoms with Crippen LogP contribution in [0.5, 0.6) is 0 Å². The van der Waals surface area contributed by atoms with Crippen LogP contribution in [0.25, 0.3) is 0 Å². The van der Waals surface area contributed by atoms with Gasteiger partial charge in [0.15, 0.2) is 15.0 Å². The molecule has 10 heteroatoms. The molecular formula is C23H29N5O3S2. The molecule has 1 fully saturated rings. The van der Waals surface area contributed by atoms with Gasteiger partial charge >= 0.3 is 0 Å². The van der Waals surface area contributed by atoms with Crippen LogP contribution >= 0.6 is 11.3 Å². The van der Waals surface area contributed by atoms with Gasteiger partial charge in [0.1, 0.15) is 0 Å². The van der Waals surface area contributed by atoms with Crippen LogP contribution in [0, 0.1) is 13.8 Å². The first-order chi connectivity index (χ1) is 15.6. The first-order valence-electron chi connectivity index (χ1n) is 10.9. The monoisotopic (exact) mass is 487 g/mol. The van der Waals surface area contributed by atoms with Crippen molar-refractivity contribution in [2.45, 2.75) is 46.3 Å². The normalized spacial score (nSPS) is 17.5. The minimum Gasteiger partial charge on any atom is -0.296 e. The van der Waals surface area contributed by atoms with Crippen LogP contribution in [0.3, 0.4) is 0 Å². The number of para-hydroxylation sites is 1. The van der Waals surface area contributed by atoms with E-state index >= 15 is 0 Å². The third-order valence-corrected chi connectivity index (χ3v) is 8.57. The maximum Gasteiger partial charge on any atom is 0.230 e. The van der Waals surface area contributed by atoms with E-state index in [4.69, 9.17) is 4.98 Å². The minimum atomic E-state index is -2.97. The van der Waals surface area contributed by atoms with Crippen LogP contribution in [0.15, 0.2) is 35.7 Å². The van der Waals surface area contributed by atoms with Crippen LogP contribution in [-0.4, -0.2) is 52.5 Å². The molecule has 33 heavy (non-hydrogen) atoms. The molecule has 1 aliphatic heterocycles. The second-order valence-electron chi connectivity index (χ2n) is 8.63. The number of thiazole rings is 1. The lowest BCUT2D eigenvalue weighted by Crippen LogP contribution is -2.23. The molecule has 0 saturated carbocycles. The first-order valence-corrected chi connectivity index (χ1v) is 13.6. The Kier molecular flexibility index (Phi) is 6.69. The Morgan fingerprint density at radius 3 is 2.58 bits per heavy atom. The molecule has 0 radical (unpaired) electrons. The van der Waals surface area contributed by atoms with Crippen molar-refractivity contribution in [2.24, 2.45) is 0 Å². The molecule has 2 aromatic heterocycles. The van der Waals surface area contributed by atoms with E-state index in [9.17, 15) is 13.2 Å². The van der Waals surface area contributed by atoms with Crippen molar-refractivity contribution < 1.29 is 13.2 Å². The molecule has 1 atom stereocenters. The topological polar surface area (TPSA) is 88.4 Å². The van der Waals surface area contributed by atoms with E-state index in [-0.39, 0.29) is 23.5 Å². The fraction of sp³-hybridized carbons (Fsp3) is 0.435. The number of amides is 1. The Morgan fingerprint density at radius 2 is 1.94 bits per heavy atom. The van der Waals surface area contributed by atoms with E-state index in [0.29, 0.717) is 24.6 Å². The highest BCUT2D eigenvalue weighted by atomic mass is 32.2. The second-order valence-corrected chi connectivity index (χ2v) is 11.7. The number of nitrogens with zero attached hydrogens (tertiary/aromatic N) is 5. The molecule has 1 amide bonds. The summed E-state index contributed by atoms with van der Waals surface area (Å²) in [5.41, 5.74) is 4.75. The molecule has 1 aromatic carbocycles. The molecule has 0 N–H and O–H groups in total. The third-order valence-electron chi connectivity index (χ3n) is 5.95. The molecule has 0 aliphatic carbocycles. The number of aryl methyl sites for hydroxylation is 1. The number of benzene rings is 1. The maximum atomic E-state index is 12.3. The summed E-state index contributed by atoms with van der Waals surface area (Å²) in [6, 6.07) is 9.44. The number of sulfone groups is 1. The number of hydrogen-bond acceptors (Lipinski definition) is 7. The van der Waals surface area contributed by atoms with Gasteiger partial charge in [-0.05, 0) is 39.4 Å². The summed E-state index contributed by atoms with van der Waals surface area (Å²) in [6.45, 7) is 6.83. The molecule has 176 valence electrons. The molecule has 8 nitrogen and oxygen atoms in total. The summed E-state index contributed by atoms with van der Waals surface area (Å²) in [7, 11) is -0.942. The van der Waals surface area contributed by atoms with E-state index in [1.165, 1.54) is 11.3 Å². The minimum absolute atomic E-state index is 0.0793. The lowest BCUT2D eigenvalue weighted by Gasteiger charge is -2.18. The quantitative estimate of drug-likeness (QED) is 0.506. The highest BCUT2D eigenvalue weighted by Gasteiger charge is 2.31. The first kappa shape index (κ1) is 23.6. The summed E-state index contributed by atoms with van der Waals surface area (Å²) in [5, 5.41) is 7.30. The predicted molar refractivity (Wildman–Crippen MR) is 131 cm³/mol. The van der Waals surface area contributed by atoms with Crippen LogP contribution in [0.4, 0.5) is 10.8 Å². The van der Waals surface area contributed by atoms with Crippen LogP contribution in [-0.2, 0) is 27.7 Å². The van der Waals surface area contributed by atoms with Gasteiger partial charge in [0.25, 0.3) is 0 Å². The number of rotatable bonds is 7. The van der Waals surface area contributed by atoms with E-state index in [1.807, 2.05) is 61.3 Å². The number of aromatic nitrogens is 3. The third kappa shape index (κ3) is 5.18. The van der Waals surface area contributed by atoms with Crippen molar-refractivity contribution in [2.75, 3.05) is 23.5 Å². The van der Waals surface area contributed by atoms with E-state index in [0.717, 1.165) is 28.3 Å². The highest BCUT2D eigenvalue weighted by Crippen LogP contribution is 2.30. The molecule has 1 aliphatic rings. The number of anilines is 2. The standard InChI is InChI=1S/C23H29N5O3S2/c1-16-22(17(2)28(25-16)21-10-11-33(30,31)15-21)13-26(4)12-19-14-32-23(24-19)27(18(3)29)20-8-6-5-7-9-20/h5-9,14,21H,10-13,15H2,1-4H3/t21-/m1/s1. The Balaban J connectivity index is 1.47. The number of carbonyl (C=O) groups excluding carboxylic acids is 1. The zero-order valence-electron chi connectivity index (χ0n) is 19.4. The molecule has 0 bridgehead atoms. The lowest BCUT2D eigenvalue weighted by atomic mass is 10.1. The second kappa shape index (κ2) is 9.36. The van der Waals surface area contributed by atoms with E-state index in [2.05, 4.69) is 10.00 Å². The van der Waals surface area contributed by atoms with Crippen LogP contribution < -0.4 is 4.90 Å². The molecular weight excluding hydrogens is 458 g/mol. The van der Waals surface area contributed by atoms with Crippen molar-refractivity contribution in [3.05, 3.63) is 58.4 Å². The molecule has 3 heterocycles. The Morgan fingerprint density at radius 1 is 1.21 bits per heavy atom. The predicted octanol–water partition coefficient (Wildman–Crippen LogP) is 3.63. The van der Waals surface area contributed by atoms with Gasteiger partial charge in [-0.25, -0.2) is 13.4 Å². The van der Waals surface area contributed by atoms with Crippen molar-refractivity contribution in [3.8, 4) is 0 Å². The van der Waals surface area contributed by atoms with Gasteiger partial charge in [-0.3, -0.25) is 19.3 Å².